The fourth-order valence-electron chi connectivity index (χ4n) is 2.77. The predicted octanol–water partition coefficient (Wildman–Crippen LogP) is 4.05. The molecule has 1 aliphatic heterocycles. The van der Waals surface area contributed by atoms with E-state index < -0.39 is 0 Å². The number of nitrogens with zero attached hydrogens (tertiary/aromatic N) is 1. The first-order chi connectivity index (χ1) is 13.1. The molecule has 136 valence electrons. The van der Waals surface area contributed by atoms with Gasteiger partial charge in [0, 0.05) is 23.0 Å². The summed E-state index contributed by atoms with van der Waals surface area (Å²) < 4.78 is 0. The van der Waals surface area contributed by atoms with Crippen LogP contribution in [0.4, 0.5) is 5.69 Å². The lowest BCUT2D eigenvalue weighted by molar-refractivity contribution is -0.121. The van der Waals surface area contributed by atoms with E-state index in [0.717, 1.165) is 17.3 Å². The molecule has 0 spiro atoms. The molecule has 2 aromatic carbocycles. The number of nitriles is 1. The molecule has 5 nitrogen and oxygen atoms in total. The van der Waals surface area contributed by atoms with Crippen molar-refractivity contribution in [2.45, 2.75) is 12.3 Å². The number of hydrogen-bond acceptors (Lipinski definition) is 4. The van der Waals surface area contributed by atoms with Crippen molar-refractivity contribution < 1.29 is 9.59 Å². The van der Waals surface area contributed by atoms with Crippen LogP contribution < -0.4 is 10.6 Å². The monoisotopic (exact) mass is 397 g/mol. The minimum absolute atomic E-state index is 0.0863. The molecule has 0 saturated heterocycles. The average molecular weight is 398 g/mol. The minimum atomic E-state index is -0.347. The highest BCUT2D eigenvalue weighted by atomic mass is 35.5. The Morgan fingerprint density at radius 1 is 1.22 bits per heavy atom. The Bertz CT molecular complexity index is 920. The predicted molar refractivity (Wildman–Crippen MR) is 107 cm³/mol. The van der Waals surface area contributed by atoms with Crippen molar-refractivity contribution in [2.24, 2.45) is 0 Å². The van der Waals surface area contributed by atoms with E-state index in [1.807, 2.05) is 30.3 Å². The third kappa shape index (κ3) is 4.91. The van der Waals surface area contributed by atoms with Crippen LogP contribution in [0.5, 0.6) is 0 Å². The number of amides is 2. The van der Waals surface area contributed by atoms with Gasteiger partial charge in [0.1, 0.15) is 0 Å². The lowest BCUT2D eigenvalue weighted by Gasteiger charge is -2.25. The topological polar surface area (TPSA) is 82.0 Å². The molecular formula is C20H16ClN3O2S. The van der Waals surface area contributed by atoms with E-state index in [1.165, 1.54) is 0 Å². The molecule has 27 heavy (non-hydrogen) atoms. The zero-order valence-corrected chi connectivity index (χ0v) is 15.8. The zero-order valence-electron chi connectivity index (χ0n) is 14.2. The first kappa shape index (κ1) is 19.0. The lowest BCUT2D eigenvalue weighted by atomic mass is 9.87. The molecule has 0 saturated carbocycles. The fraction of sp³-hybridized carbons (Fsp3) is 0.150. The summed E-state index contributed by atoms with van der Waals surface area (Å²) in [4.78, 5) is 24.3. The van der Waals surface area contributed by atoms with Crippen LogP contribution in [0.2, 0.25) is 5.02 Å². The zero-order chi connectivity index (χ0) is 19.2. The summed E-state index contributed by atoms with van der Waals surface area (Å²) in [5.74, 6) is -0.650. The Hall–Kier alpha value is -2.75. The molecule has 2 amide bonds. The number of carbonyl (C=O) groups is 2. The van der Waals surface area contributed by atoms with E-state index in [0.29, 0.717) is 21.3 Å². The standard InChI is InChI=1S/C20H16ClN3O2S/c21-14-8-6-13(7-9-14)16-10-18(25)24-20(17(16)11-22)27-12-19(26)23-15-4-2-1-3-5-15/h1-9,16H,10,12H2,(H,23,26)(H,24,25)/t16-/m1/s1. The van der Waals surface area contributed by atoms with E-state index >= 15 is 0 Å². The summed E-state index contributed by atoms with van der Waals surface area (Å²) in [6.07, 6.45) is 0.185. The van der Waals surface area contributed by atoms with Crippen LogP contribution >= 0.6 is 23.4 Å². The number of halogens is 1. The summed E-state index contributed by atoms with van der Waals surface area (Å²) in [7, 11) is 0. The second kappa shape index (κ2) is 8.76. The van der Waals surface area contributed by atoms with Crippen LogP contribution in [-0.4, -0.2) is 17.6 Å². The van der Waals surface area contributed by atoms with E-state index in [2.05, 4.69) is 16.7 Å². The molecule has 7 heteroatoms. The molecule has 2 aromatic rings. The smallest absolute Gasteiger partial charge is 0.234 e. The van der Waals surface area contributed by atoms with Crippen molar-refractivity contribution in [3.8, 4) is 6.07 Å². The maximum Gasteiger partial charge on any atom is 0.234 e. The third-order valence-electron chi connectivity index (χ3n) is 4.03. The molecule has 1 aliphatic rings. The Balaban J connectivity index is 1.75. The van der Waals surface area contributed by atoms with E-state index in [9.17, 15) is 14.9 Å². The van der Waals surface area contributed by atoms with Crippen molar-refractivity contribution in [3.05, 3.63) is 75.8 Å². The number of para-hydroxylation sites is 1. The van der Waals surface area contributed by atoms with E-state index in [4.69, 9.17) is 11.6 Å². The number of allylic oxidation sites excluding steroid dienone is 1. The first-order valence-corrected chi connectivity index (χ1v) is 9.60. The molecule has 0 fully saturated rings. The largest absolute Gasteiger partial charge is 0.325 e. The van der Waals surface area contributed by atoms with Crippen LogP contribution in [0.25, 0.3) is 0 Å². The highest BCUT2D eigenvalue weighted by molar-refractivity contribution is 8.03. The van der Waals surface area contributed by atoms with Crippen molar-refractivity contribution in [1.82, 2.24) is 5.32 Å². The van der Waals surface area contributed by atoms with Crippen LogP contribution in [0.1, 0.15) is 17.9 Å². The van der Waals surface area contributed by atoms with Crippen LogP contribution in [-0.2, 0) is 9.59 Å². The lowest BCUT2D eigenvalue weighted by Crippen LogP contribution is -2.31. The SMILES string of the molecule is N#CC1=C(SCC(=O)Nc2ccccc2)NC(=O)C[C@@H]1c1ccc(Cl)cc1. The molecule has 0 aromatic heterocycles. The van der Waals surface area contributed by atoms with Crippen LogP contribution in [0.15, 0.2) is 65.2 Å². The average Bonchev–Trinajstić information content (AvgIpc) is 2.67. The second-order valence-electron chi connectivity index (χ2n) is 5.91. The number of carbonyl (C=O) groups excluding carboxylic acids is 2. The summed E-state index contributed by atoms with van der Waals surface area (Å²) in [5, 5.41) is 16.2. The molecule has 1 heterocycles. The van der Waals surface area contributed by atoms with Crippen LogP contribution in [0.3, 0.4) is 0 Å². The van der Waals surface area contributed by atoms with Gasteiger partial charge in [-0.3, -0.25) is 9.59 Å². The molecule has 0 aliphatic carbocycles. The Labute approximate surface area is 166 Å². The van der Waals surface area contributed by atoms with Gasteiger partial charge in [0.05, 0.1) is 22.4 Å². The van der Waals surface area contributed by atoms with Gasteiger partial charge in [0.2, 0.25) is 11.8 Å². The molecule has 0 bridgehead atoms. The molecular weight excluding hydrogens is 382 g/mol. The highest BCUT2D eigenvalue weighted by Gasteiger charge is 2.29. The van der Waals surface area contributed by atoms with Gasteiger partial charge >= 0.3 is 0 Å². The molecule has 0 unspecified atom stereocenters. The van der Waals surface area contributed by atoms with Gasteiger partial charge < -0.3 is 10.6 Å². The van der Waals surface area contributed by atoms with Crippen molar-refractivity contribution in [2.75, 3.05) is 11.1 Å². The van der Waals surface area contributed by atoms with Gasteiger partial charge in [-0.2, -0.15) is 5.26 Å². The van der Waals surface area contributed by atoms with Gasteiger partial charge in [-0.1, -0.05) is 53.7 Å². The maximum absolute atomic E-state index is 12.2. The summed E-state index contributed by atoms with van der Waals surface area (Å²) in [5.41, 5.74) is 2.00. The van der Waals surface area contributed by atoms with Gasteiger partial charge in [0.15, 0.2) is 0 Å². The Morgan fingerprint density at radius 2 is 1.93 bits per heavy atom. The van der Waals surface area contributed by atoms with Gasteiger partial charge in [-0.25, -0.2) is 0 Å². The molecule has 1 atom stereocenters. The van der Waals surface area contributed by atoms with Crippen molar-refractivity contribution in [3.63, 3.8) is 0 Å². The number of nitrogens with one attached hydrogen (secondary N) is 2. The number of hydrogen-bond donors (Lipinski definition) is 2. The number of rotatable bonds is 5. The van der Waals surface area contributed by atoms with Crippen LogP contribution in [0, 0.1) is 11.3 Å². The van der Waals surface area contributed by atoms with Gasteiger partial charge in [0.25, 0.3) is 0 Å². The molecule has 2 N–H and O–H groups in total. The van der Waals surface area contributed by atoms with E-state index in [-0.39, 0.29) is 29.9 Å². The number of anilines is 1. The molecule has 3 rings (SSSR count). The second-order valence-corrected chi connectivity index (χ2v) is 7.34. The quantitative estimate of drug-likeness (QED) is 0.797. The number of benzene rings is 2. The summed E-state index contributed by atoms with van der Waals surface area (Å²) in [6.45, 7) is 0. The molecule has 0 radical (unpaired) electrons. The van der Waals surface area contributed by atoms with E-state index in [1.54, 1.807) is 24.3 Å². The number of thioether (sulfide) groups is 1. The maximum atomic E-state index is 12.2. The van der Waals surface area contributed by atoms with Crippen molar-refractivity contribution in [1.29, 1.82) is 5.26 Å². The Kier molecular flexibility index (Phi) is 6.17. The fourth-order valence-corrected chi connectivity index (χ4v) is 3.77. The van der Waals surface area contributed by atoms with Crippen molar-refractivity contribution >= 4 is 40.9 Å². The Morgan fingerprint density at radius 3 is 2.59 bits per heavy atom. The van der Waals surface area contributed by atoms with Gasteiger partial charge in [-0.15, -0.1) is 0 Å². The minimum Gasteiger partial charge on any atom is -0.325 e. The summed E-state index contributed by atoms with van der Waals surface area (Å²) in [6, 6.07) is 18.4. The van der Waals surface area contributed by atoms with Gasteiger partial charge in [-0.05, 0) is 29.8 Å². The normalized spacial score (nSPS) is 16.4. The summed E-state index contributed by atoms with van der Waals surface area (Å²) >= 11 is 7.07. The highest BCUT2D eigenvalue weighted by Crippen LogP contribution is 2.36. The first-order valence-electron chi connectivity index (χ1n) is 8.24. The third-order valence-corrected chi connectivity index (χ3v) is 5.30.